The fraction of sp³-hybridized carbons (Fsp3) is 0.667. The van der Waals surface area contributed by atoms with Gasteiger partial charge in [-0.15, -0.1) is 11.8 Å². The van der Waals surface area contributed by atoms with Crippen LogP contribution in [0.15, 0.2) is 11.1 Å². The number of nitrogens with zero attached hydrogens (tertiary/aromatic N) is 2. The molecule has 0 spiro atoms. The summed E-state index contributed by atoms with van der Waals surface area (Å²) in [5, 5.41) is 17.4. The fourth-order valence-corrected chi connectivity index (χ4v) is 2.68. The summed E-state index contributed by atoms with van der Waals surface area (Å²) in [6, 6.07) is 1.56. The number of hydrogen-bond donors (Lipinski definition) is 2. The fourth-order valence-electron chi connectivity index (χ4n) is 1.63. The number of carbonyl (C=O) groups is 1. The van der Waals surface area contributed by atoms with E-state index in [9.17, 15) is 4.79 Å². The van der Waals surface area contributed by atoms with Crippen LogP contribution < -0.4 is 5.32 Å². The van der Waals surface area contributed by atoms with Gasteiger partial charge in [0.15, 0.2) is 0 Å². The van der Waals surface area contributed by atoms with Crippen molar-refractivity contribution in [3.05, 3.63) is 11.8 Å². The van der Waals surface area contributed by atoms with Gasteiger partial charge in [0.05, 0.1) is 10.7 Å². The molecule has 0 fully saturated rings. The molecule has 0 aliphatic carbocycles. The lowest BCUT2D eigenvalue weighted by Gasteiger charge is -2.13. The second kappa shape index (κ2) is 7.43. The molecule has 1 atom stereocenters. The molecule has 6 heteroatoms. The first-order valence-corrected chi connectivity index (χ1v) is 7.12. The van der Waals surface area contributed by atoms with E-state index >= 15 is 0 Å². The first kappa shape index (κ1) is 15.0. The Labute approximate surface area is 112 Å². The number of carboxylic acids is 1. The summed E-state index contributed by atoms with van der Waals surface area (Å²) >= 11 is 1.64. The number of aromatic nitrogens is 2. The molecular weight excluding hydrogens is 250 g/mol. The van der Waals surface area contributed by atoms with Crippen LogP contribution in [-0.4, -0.2) is 39.2 Å². The second-order valence-corrected chi connectivity index (χ2v) is 5.34. The Balaban J connectivity index is 2.38. The average molecular weight is 271 g/mol. The second-order valence-electron chi connectivity index (χ2n) is 4.23. The highest BCUT2D eigenvalue weighted by atomic mass is 32.2. The van der Waals surface area contributed by atoms with Crippen molar-refractivity contribution in [2.24, 2.45) is 7.05 Å². The summed E-state index contributed by atoms with van der Waals surface area (Å²) in [6.45, 7) is 4.72. The van der Waals surface area contributed by atoms with Gasteiger partial charge in [-0.25, -0.2) is 0 Å². The van der Waals surface area contributed by atoms with Crippen molar-refractivity contribution in [2.45, 2.75) is 37.8 Å². The quantitative estimate of drug-likeness (QED) is 0.704. The molecule has 1 rings (SSSR count). The number of carboxylic acid groups (broad SMARTS) is 1. The molecule has 1 heterocycles. The third-order valence-electron chi connectivity index (χ3n) is 2.55. The molecule has 1 aromatic rings. The smallest absolute Gasteiger partial charge is 0.320 e. The Morgan fingerprint density at radius 1 is 1.67 bits per heavy atom. The number of thioether (sulfide) groups is 1. The van der Waals surface area contributed by atoms with E-state index in [1.165, 1.54) is 0 Å². The van der Waals surface area contributed by atoms with Gasteiger partial charge in [-0.2, -0.15) is 5.10 Å². The Morgan fingerprint density at radius 2 is 2.39 bits per heavy atom. The van der Waals surface area contributed by atoms with Gasteiger partial charge >= 0.3 is 5.97 Å². The molecule has 0 aliphatic rings. The van der Waals surface area contributed by atoms with Crippen molar-refractivity contribution in [1.82, 2.24) is 15.1 Å². The minimum Gasteiger partial charge on any atom is -0.480 e. The molecule has 1 aromatic heterocycles. The van der Waals surface area contributed by atoms with Crippen LogP contribution in [0, 0.1) is 6.92 Å². The third-order valence-corrected chi connectivity index (χ3v) is 3.67. The molecule has 18 heavy (non-hydrogen) atoms. The first-order valence-electron chi connectivity index (χ1n) is 6.14. The van der Waals surface area contributed by atoms with Crippen molar-refractivity contribution in [2.75, 3.05) is 12.3 Å². The van der Waals surface area contributed by atoms with E-state index in [-0.39, 0.29) is 0 Å². The SMILES string of the molecule is CCCNC(CCSc1cc(C)nn1C)C(=O)O. The predicted molar refractivity (Wildman–Crippen MR) is 73.0 cm³/mol. The van der Waals surface area contributed by atoms with E-state index in [1.807, 2.05) is 31.6 Å². The van der Waals surface area contributed by atoms with Crippen LogP contribution in [0.25, 0.3) is 0 Å². The summed E-state index contributed by atoms with van der Waals surface area (Å²) in [5.41, 5.74) is 0.985. The highest BCUT2D eigenvalue weighted by Gasteiger charge is 2.16. The number of hydrogen-bond acceptors (Lipinski definition) is 4. The van der Waals surface area contributed by atoms with Crippen LogP contribution in [-0.2, 0) is 11.8 Å². The van der Waals surface area contributed by atoms with Crippen LogP contribution in [0.3, 0.4) is 0 Å². The molecule has 0 amide bonds. The zero-order valence-corrected chi connectivity index (χ0v) is 12.0. The van der Waals surface area contributed by atoms with E-state index < -0.39 is 12.0 Å². The van der Waals surface area contributed by atoms with Crippen LogP contribution in [0.1, 0.15) is 25.5 Å². The van der Waals surface area contributed by atoms with E-state index in [0.29, 0.717) is 6.42 Å². The molecule has 1 unspecified atom stereocenters. The maximum atomic E-state index is 11.0. The lowest BCUT2D eigenvalue weighted by atomic mass is 10.2. The number of aryl methyl sites for hydroxylation is 2. The van der Waals surface area contributed by atoms with Gasteiger partial charge in [-0.3, -0.25) is 9.48 Å². The molecule has 0 radical (unpaired) electrons. The molecular formula is C12H21N3O2S. The normalized spacial score (nSPS) is 12.6. The standard InChI is InChI=1S/C12H21N3O2S/c1-4-6-13-10(12(16)17)5-7-18-11-8-9(2)14-15(11)3/h8,10,13H,4-7H2,1-3H3,(H,16,17). The highest BCUT2D eigenvalue weighted by molar-refractivity contribution is 7.99. The van der Waals surface area contributed by atoms with Gasteiger partial charge in [0, 0.05) is 12.8 Å². The number of aliphatic carboxylic acids is 1. The monoisotopic (exact) mass is 271 g/mol. The molecule has 0 bridgehead atoms. The summed E-state index contributed by atoms with van der Waals surface area (Å²) in [7, 11) is 1.90. The third kappa shape index (κ3) is 4.70. The van der Waals surface area contributed by atoms with Crippen molar-refractivity contribution >= 4 is 17.7 Å². The van der Waals surface area contributed by atoms with Crippen LogP contribution in [0.5, 0.6) is 0 Å². The Hall–Kier alpha value is -1.01. The molecule has 5 nitrogen and oxygen atoms in total. The van der Waals surface area contributed by atoms with E-state index in [0.717, 1.165) is 29.4 Å². The van der Waals surface area contributed by atoms with Gasteiger partial charge < -0.3 is 10.4 Å². The highest BCUT2D eigenvalue weighted by Crippen LogP contribution is 2.19. The van der Waals surface area contributed by atoms with Gasteiger partial charge in [0.1, 0.15) is 6.04 Å². The van der Waals surface area contributed by atoms with Crippen molar-refractivity contribution in [3.8, 4) is 0 Å². The first-order chi connectivity index (χ1) is 8.54. The summed E-state index contributed by atoms with van der Waals surface area (Å²) in [5.74, 6) is -0.00244. The lowest BCUT2D eigenvalue weighted by molar-refractivity contribution is -0.139. The predicted octanol–water partition coefficient (Wildman–Crippen LogP) is 1.66. The largest absolute Gasteiger partial charge is 0.480 e. The molecule has 2 N–H and O–H groups in total. The van der Waals surface area contributed by atoms with Gasteiger partial charge in [0.25, 0.3) is 0 Å². The molecule has 102 valence electrons. The van der Waals surface area contributed by atoms with Gasteiger partial charge in [0.2, 0.25) is 0 Å². The zero-order chi connectivity index (χ0) is 13.5. The molecule has 0 saturated heterocycles. The summed E-state index contributed by atoms with van der Waals surface area (Å²) in [4.78, 5) is 11.0. The van der Waals surface area contributed by atoms with Crippen LogP contribution in [0.4, 0.5) is 0 Å². The Kier molecular flexibility index (Phi) is 6.21. The Bertz CT molecular complexity index is 393. The van der Waals surface area contributed by atoms with Crippen LogP contribution in [0.2, 0.25) is 0 Å². The summed E-state index contributed by atoms with van der Waals surface area (Å²) in [6.07, 6.45) is 1.56. The van der Waals surface area contributed by atoms with E-state index in [4.69, 9.17) is 5.11 Å². The topological polar surface area (TPSA) is 67.2 Å². The molecule has 0 saturated carbocycles. The van der Waals surface area contributed by atoms with Crippen molar-refractivity contribution in [1.29, 1.82) is 0 Å². The average Bonchev–Trinajstić information content (AvgIpc) is 2.61. The maximum Gasteiger partial charge on any atom is 0.320 e. The van der Waals surface area contributed by atoms with Gasteiger partial charge in [-0.1, -0.05) is 6.92 Å². The number of rotatable bonds is 8. The van der Waals surface area contributed by atoms with Gasteiger partial charge in [-0.05, 0) is 32.4 Å². The maximum absolute atomic E-state index is 11.0. The van der Waals surface area contributed by atoms with E-state index in [2.05, 4.69) is 10.4 Å². The Morgan fingerprint density at radius 3 is 2.89 bits per heavy atom. The zero-order valence-electron chi connectivity index (χ0n) is 11.1. The van der Waals surface area contributed by atoms with Crippen LogP contribution >= 0.6 is 11.8 Å². The minimum absolute atomic E-state index is 0.452. The minimum atomic E-state index is -0.773. The summed E-state index contributed by atoms with van der Waals surface area (Å²) < 4.78 is 1.83. The van der Waals surface area contributed by atoms with E-state index in [1.54, 1.807) is 11.8 Å². The molecule has 0 aliphatic heterocycles. The number of nitrogens with one attached hydrogen (secondary N) is 1. The van der Waals surface area contributed by atoms with Crippen molar-refractivity contribution in [3.63, 3.8) is 0 Å². The molecule has 0 aromatic carbocycles. The van der Waals surface area contributed by atoms with Crippen molar-refractivity contribution < 1.29 is 9.90 Å². The lowest BCUT2D eigenvalue weighted by Crippen LogP contribution is -2.37.